The maximum Gasteiger partial charge on any atom is 0.257 e. The third-order valence-electron chi connectivity index (χ3n) is 4.38. The molecule has 0 saturated heterocycles. The summed E-state index contributed by atoms with van der Waals surface area (Å²) in [5.74, 6) is 0.186. The molecule has 4 aromatic rings. The van der Waals surface area contributed by atoms with Crippen LogP contribution in [0.2, 0.25) is 5.02 Å². The lowest BCUT2D eigenvalue weighted by Gasteiger charge is -2.08. The maximum absolute atomic E-state index is 12.8. The number of hydrogen-bond acceptors (Lipinski definition) is 4. The van der Waals surface area contributed by atoms with Gasteiger partial charge in [0.2, 0.25) is 0 Å². The molecule has 0 aliphatic rings. The third-order valence-corrected chi connectivity index (χ3v) is 4.71. The largest absolute Gasteiger partial charge is 0.360 e. The molecule has 2 heterocycles. The van der Waals surface area contributed by atoms with Gasteiger partial charge >= 0.3 is 0 Å². The summed E-state index contributed by atoms with van der Waals surface area (Å²) < 4.78 is 7.03. The van der Waals surface area contributed by atoms with E-state index in [1.165, 1.54) is 0 Å². The molecule has 2 aromatic heterocycles. The fourth-order valence-corrected chi connectivity index (χ4v) is 3.16. The highest BCUT2D eigenvalue weighted by Gasteiger charge is 2.22. The van der Waals surface area contributed by atoms with Crippen molar-refractivity contribution in [1.82, 2.24) is 20.3 Å². The lowest BCUT2D eigenvalue weighted by Crippen LogP contribution is -2.23. The Morgan fingerprint density at radius 3 is 2.64 bits per heavy atom. The van der Waals surface area contributed by atoms with E-state index in [4.69, 9.17) is 16.1 Å². The van der Waals surface area contributed by atoms with Crippen molar-refractivity contribution in [3.05, 3.63) is 88.9 Å². The number of nitrogens with zero attached hydrogens (tertiary/aromatic N) is 3. The van der Waals surface area contributed by atoms with Crippen molar-refractivity contribution >= 4 is 17.5 Å². The predicted molar refractivity (Wildman–Crippen MR) is 106 cm³/mol. The fourth-order valence-electron chi connectivity index (χ4n) is 2.94. The van der Waals surface area contributed by atoms with Crippen LogP contribution in [0.1, 0.15) is 21.7 Å². The second-order valence-electron chi connectivity index (χ2n) is 6.24. The highest BCUT2D eigenvalue weighted by Crippen LogP contribution is 2.30. The van der Waals surface area contributed by atoms with E-state index < -0.39 is 0 Å². The second-order valence-corrected chi connectivity index (χ2v) is 6.65. The summed E-state index contributed by atoms with van der Waals surface area (Å²) in [5.41, 5.74) is 3.42. The maximum atomic E-state index is 12.8. The van der Waals surface area contributed by atoms with Crippen LogP contribution in [0.15, 0.2) is 71.5 Å². The molecule has 28 heavy (non-hydrogen) atoms. The van der Waals surface area contributed by atoms with Gasteiger partial charge in [0, 0.05) is 24.5 Å². The first-order valence-electron chi connectivity index (χ1n) is 8.72. The topological polar surface area (TPSA) is 73.0 Å². The zero-order chi connectivity index (χ0) is 19.5. The van der Waals surface area contributed by atoms with Gasteiger partial charge < -0.3 is 9.84 Å². The van der Waals surface area contributed by atoms with E-state index in [9.17, 15) is 4.79 Å². The number of carbonyl (C=O) groups excluding carboxylic acids is 1. The summed E-state index contributed by atoms with van der Waals surface area (Å²) in [4.78, 5) is 12.8. The van der Waals surface area contributed by atoms with Gasteiger partial charge in [-0.25, -0.2) is 4.68 Å². The zero-order valence-electron chi connectivity index (χ0n) is 15.1. The highest BCUT2D eigenvalue weighted by molar-refractivity contribution is 6.33. The molecule has 6 nitrogen and oxygen atoms in total. The Balaban J connectivity index is 1.50. The summed E-state index contributed by atoms with van der Waals surface area (Å²) in [7, 11) is 0. The number of benzene rings is 2. The van der Waals surface area contributed by atoms with Crippen LogP contribution in [0, 0.1) is 6.92 Å². The molecule has 1 N–H and O–H groups in total. The van der Waals surface area contributed by atoms with Gasteiger partial charge in [-0.3, -0.25) is 4.79 Å². The Bertz CT molecular complexity index is 1100. The molecular weight excluding hydrogens is 376 g/mol. The minimum Gasteiger partial charge on any atom is -0.360 e. The van der Waals surface area contributed by atoms with Gasteiger partial charge in [0.25, 0.3) is 5.91 Å². The van der Waals surface area contributed by atoms with Crippen LogP contribution in [-0.2, 0) is 6.54 Å². The van der Waals surface area contributed by atoms with Crippen LogP contribution in [-0.4, -0.2) is 20.8 Å². The van der Waals surface area contributed by atoms with Crippen molar-refractivity contribution in [1.29, 1.82) is 0 Å². The fraction of sp³-hybridized carbons (Fsp3) is 0.0952. The molecule has 0 aliphatic heterocycles. The van der Waals surface area contributed by atoms with E-state index in [1.54, 1.807) is 23.9 Å². The Morgan fingerprint density at radius 1 is 1.14 bits per heavy atom. The molecule has 0 saturated carbocycles. The number of aromatic nitrogens is 3. The van der Waals surface area contributed by atoms with Crippen LogP contribution in [0.3, 0.4) is 0 Å². The average Bonchev–Trinajstić information content (AvgIpc) is 3.37. The number of amides is 1. The zero-order valence-corrected chi connectivity index (χ0v) is 15.8. The van der Waals surface area contributed by atoms with E-state index in [1.807, 2.05) is 54.7 Å². The Kier molecular flexibility index (Phi) is 4.95. The molecule has 0 bridgehead atoms. The number of carbonyl (C=O) groups is 1. The summed E-state index contributed by atoms with van der Waals surface area (Å²) in [6, 6.07) is 16.9. The first-order chi connectivity index (χ1) is 13.6. The third kappa shape index (κ3) is 3.54. The van der Waals surface area contributed by atoms with Gasteiger partial charge in [-0.05, 0) is 36.8 Å². The Morgan fingerprint density at radius 2 is 1.93 bits per heavy atom. The smallest absolute Gasteiger partial charge is 0.257 e. The van der Waals surface area contributed by atoms with Gasteiger partial charge in [-0.1, -0.05) is 47.1 Å². The van der Waals surface area contributed by atoms with Crippen LogP contribution in [0.4, 0.5) is 0 Å². The first-order valence-corrected chi connectivity index (χ1v) is 9.09. The van der Waals surface area contributed by atoms with E-state index in [0.29, 0.717) is 34.1 Å². The van der Waals surface area contributed by atoms with Crippen LogP contribution in [0.5, 0.6) is 0 Å². The molecule has 0 fully saturated rings. The number of rotatable bonds is 5. The number of halogens is 1. The van der Waals surface area contributed by atoms with Crippen molar-refractivity contribution in [3.63, 3.8) is 0 Å². The number of aryl methyl sites for hydroxylation is 1. The molecule has 0 radical (unpaired) electrons. The summed E-state index contributed by atoms with van der Waals surface area (Å²) in [5, 5.41) is 11.7. The van der Waals surface area contributed by atoms with E-state index in [2.05, 4.69) is 15.6 Å². The van der Waals surface area contributed by atoms with Gasteiger partial charge in [0.05, 0.1) is 10.7 Å². The van der Waals surface area contributed by atoms with Gasteiger partial charge in [0.1, 0.15) is 17.0 Å². The van der Waals surface area contributed by atoms with Crippen molar-refractivity contribution in [2.45, 2.75) is 13.5 Å². The number of nitrogens with one attached hydrogen (secondary N) is 1. The predicted octanol–water partition coefficient (Wildman–Crippen LogP) is 4.42. The van der Waals surface area contributed by atoms with Crippen molar-refractivity contribution < 1.29 is 9.32 Å². The molecule has 0 atom stereocenters. The number of hydrogen-bond donors (Lipinski definition) is 1. The van der Waals surface area contributed by atoms with Gasteiger partial charge in [-0.2, -0.15) is 5.10 Å². The van der Waals surface area contributed by atoms with Crippen molar-refractivity contribution in [2.75, 3.05) is 0 Å². The lowest BCUT2D eigenvalue weighted by molar-refractivity contribution is 0.0950. The van der Waals surface area contributed by atoms with E-state index >= 15 is 0 Å². The standard InChI is InChI=1S/C21H17ClN4O2/c1-14-19(20(25-28-14)17-5-2-3-6-18(17)22)21(27)23-13-15-7-9-16(10-8-15)26-12-4-11-24-26/h2-12H,13H2,1H3,(H,23,27). The minimum absolute atomic E-state index is 0.259. The average molecular weight is 393 g/mol. The summed E-state index contributed by atoms with van der Waals surface area (Å²) in [6.07, 6.45) is 3.60. The molecule has 2 aromatic carbocycles. The monoisotopic (exact) mass is 392 g/mol. The highest BCUT2D eigenvalue weighted by atomic mass is 35.5. The first kappa shape index (κ1) is 18.0. The Hall–Kier alpha value is -3.38. The molecule has 0 aliphatic carbocycles. The van der Waals surface area contributed by atoms with Crippen molar-refractivity contribution in [2.24, 2.45) is 0 Å². The molecule has 7 heteroatoms. The normalized spacial score (nSPS) is 10.8. The molecule has 0 spiro atoms. The van der Waals surface area contributed by atoms with Crippen LogP contribution < -0.4 is 5.32 Å². The quantitative estimate of drug-likeness (QED) is 0.545. The lowest BCUT2D eigenvalue weighted by atomic mass is 10.1. The van der Waals surface area contributed by atoms with Crippen molar-refractivity contribution in [3.8, 4) is 16.9 Å². The van der Waals surface area contributed by atoms with Crippen LogP contribution >= 0.6 is 11.6 Å². The summed E-state index contributed by atoms with van der Waals surface area (Å²) in [6.45, 7) is 2.09. The van der Waals surface area contributed by atoms with Gasteiger partial charge in [-0.15, -0.1) is 0 Å². The second kappa shape index (κ2) is 7.70. The van der Waals surface area contributed by atoms with Gasteiger partial charge in [0.15, 0.2) is 0 Å². The summed E-state index contributed by atoms with van der Waals surface area (Å²) >= 11 is 6.25. The minimum atomic E-state index is -0.259. The van der Waals surface area contributed by atoms with E-state index in [-0.39, 0.29) is 5.91 Å². The SMILES string of the molecule is Cc1onc(-c2ccccc2Cl)c1C(=O)NCc1ccc(-n2cccn2)cc1. The Labute approximate surface area is 166 Å². The molecule has 1 amide bonds. The molecule has 0 unspecified atom stereocenters. The molecule has 140 valence electrons. The van der Waals surface area contributed by atoms with Crippen LogP contribution in [0.25, 0.3) is 16.9 Å². The molecule has 4 rings (SSSR count). The molecular formula is C21H17ClN4O2. The van der Waals surface area contributed by atoms with E-state index in [0.717, 1.165) is 11.3 Å².